The van der Waals surface area contributed by atoms with Gasteiger partial charge in [-0.2, -0.15) is 0 Å². The van der Waals surface area contributed by atoms with Crippen LogP contribution in [0.5, 0.6) is 0 Å². The normalized spacial score (nSPS) is 49.6. The van der Waals surface area contributed by atoms with E-state index in [0.29, 0.717) is 24.2 Å². The van der Waals surface area contributed by atoms with Crippen LogP contribution < -0.4 is 0 Å². The smallest absolute Gasteiger partial charge is 0.0799 e. The summed E-state index contributed by atoms with van der Waals surface area (Å²) in [6.45, 7) is 6.47. The molecule has 4 aliphatic carbocycles. The minimum Gasteiger partial charge on any atom is -0.411 e. The average molecular weight is 345 g/mol. The zero-order chi connectivity index (χ0) is 18.0. The van der Waals surface area contributed by atoms with Crippen molar-refractivity contribution in [2.24, 2.45) is 33.7 Å². The van der Waals surface area contributed by atoms with E-state index in [9.17, 15) is 15.4 Å². The van der Waals surface area contributed by atoms with Gasteiger partial charge in [0.15, 0.2) is 0 Å². The van der Waals surface area contributed by atoms with Crippen molar-refractivity contribution in [2.45, 2.75) is 71.5 Å². The second kappa shape index (κ2) is 5.68. The van der Waals surface area contributed by atoms with Gasteiger partial charge in [-0.1, -0.05) is 36.7 Å². The largest absolute Gasteiger partial charge is 0.411 e. The molecule has 0 aromatic carbocycles. The minimum atomic E-state index is -0.450. The Hall–Kier alpha value is -1.13. The monoisotopic (exact) mass is 345 g/mol. The van der Waals surface area contributed by atoms with Crippen molar-refractivity contribution in [1.82, 2.24) is 0 Å². The lowest BCUT2D eigenvalue weighted by Crippen LogP contribution is -2.55. The summed E-state index contributed by atoms with van der Waals surface area (Å²) in [6.07, 6.45) is 9.23. The number of aliphatic hydroxyl groups excluding tert-OH is 2. The lowest BCUT2D eigenvalue weighted by atomic mass is 9.46. The summed E-state index contributed by atoms with van der Waals surface area (Å²) in [4.78, 5) is 0. The molecule has 0 spiro atoms. The van der Waals surface area contributed by atoms with Gasteiger partial charge >= 0.3 is 0 Å². The highest BCUT2D eigenvalue weighted by molar-refractivity contribution is 5.99. The van der Waals surface area contributed by atoms with Gasteiger partial charge in [-0.3, -0.25) is 0 Å². The fraction of sp³-hybridized carbons (Fsp3) is 0.762. The number of oxime groups is 1. The van der Waals surface area contributed by atoms with Crippen LogP contribution in [0.4, 0.5) is 0 Å². The van der Waals surface area contributed by atoms with E-state index in [2.05, 4.69) is 31.2 Å². The molecule has 4 heteroatoms. The van der Waals surface area contributed by atoms with Gasteiger partial charge in [0.25, 0.3) is 0 Å². The Morgan fingerprint density at radius 3 is 2.64 bits per heavy atom. The molecule has 0 saturated heterocycles. The Labute approximate surface area is 150 Å². The van der Waals surface area contributed by atoms with Crippen LogP contribution in [0.3, 0.4) is 0 Å². The number of allylic oxidation sites excluding steroid dienone is 3. The fourth-order valence-electron chi connectivity index (χ4n) is 6.88. The molecule has 0 heterocycles. The van der Waals surface area contributed by atoms with E-state index >= 15 is 0 Å². The Balaban J connectivity index is 1.69. The zero-order valence-electron chi connectivity index (χ0n) is 15.6. The summed E-state index contributed by atoms with van der Waals surface area (Å²) in [5.74, 6) is 1.58. The summed E-state index contributed by atoms with van der Waals surface area (Å²) >= 11 is 0. The number of nitrogens with zero attached hydrogens (tertiary/aromatic N) is 1. The molecule has 0 aliphatic heterocycles. The van der Waals surface area contributed by atoms with E-state index in [-0.39, 0.29) is 10.8 Å². The summed E-state index contributed by atoms with van der Waals surface area (Å²) in [7, 11) is 0. The van der Waals surface area contributed by atoms with Crippen molar-refractivity contribution in [1.29, 1.82) is 0 Å². The highest BCUT2D eigenvalue weighted by Gasteiger charge is 2.59. The topological polar surface area (TPSA) is 73.1 Å². The molecule has 2 fully saturated rings. The predicted molar refractivity (Wildman–Crippen MR) is 97.5 cm³/mol. The molecule has 7 atom stereocenters. The lowest BCUT2D eigenvalue weighted by Gasteiger charge is -2.59. The van der Waals surface area contributed by atoms with E-state index in [1.807, 2.05) is 6.92 Å². The van der Waals surface area contributed by atoms with Gasteiger partial charge in [-0.25, -0.2) is 0 Å². The van der Waals surface area contributed by atoms with Crippen LogP contribution in [0, 0.1) is 28.6 Å². The summed E-state index contributed by atoms with van der Waals surface area (Å²) in [6, 6.07) is 0. The quantitative estimate of drug-likeness (QED) is 0.294. The maximum absolute atomic E-state index is 10.9. The molecular weight excluding hydrogens is 314 g/mol. The van der Waals surface area contributed by atoms with E-state index < -0.39 is 12.2 Å². The van der Waals surface area contributed by atoms with Gasteiger partial charge in [0.05, 0.1) is 17.9 Å². The van der Waals surface area contributed by atoms with E-state index in [1.54, 1.807) is 0 Å². The number of hydrogen-bond donors (Lipinski definition) is 3. The molecule has 138 valence electrons. The standard InChI is InChI=1S/C21H31NO3/c1-12(22-25)16-6-7-17-15-5-4-13-10-14(23)11-19(24)21(13,3)18(15)8-9-20(16,17)2/h4,6,14-15,17-19,23-25H,5,7-11H2,1-3H3/b22-12+/t14-,15-,17-,18-,19-,20+,21-/m0/s1. The number of aliphatic hydroxyl groups is 2. The maximum atomic E-state index is 10.9. The Morgan fingerprint density at radius 2 is 1.92 bits per heavy atom. The minimum absolute atomic E-state index is 0.0817. The van der Waals surface area contributed by atoms with E-state index in [1.165, 1.54) is 11.1 Å². The lowest BCUT2D eigenvalue weighted by molar-refractivity contribution is -0.0959. The molecule has 3 N–H and O–H groups in total. The van der Waals surface area contributed by atoms with E-state index in [0.717, 1.165) is 37.8 Å². The highest BCUT2D eigenvalue weighted by Crippen LogP contribution is 2.65. The van der Waals surface area contributed by atoms with Gasteiger partial charge in [0.2, 0.25) is 0 Å². The van der Waals surface area contributed by atoms with Crippen molar-refractivity contribution in [3.8, 4) is 0 Å². The highest BCUT2D eigenvalue weighted by atomic mass is 16.4. The first-order valence-electron chi connectivity index (χ1n) is 9.77. The van der Waals surface area contributed by atoms with Crippen molar-refractivity contribution < 1.29 is 15.4 Å². The van der Waals surface area contributed by atoms with Gasteiger partial charge in [0.1, 0.15) is 0 Å². The molecule has 0 radical (unpaired) electrons. The molecule has 2 saturated carbocycles. The zero-order valence-corrected chi connectivity index (χ0v) is 15.6. The first-order valence-corrected chi connectivity index (χ1v) is 9.77. The van der Waals surface area contributed by atoms with Crippen LogP contribution in [0.15, 0.2) is 28.5 Å². The van der Waals surface area contributed by atoms with Crippen molar-refractivity contribution >= 4 is 5.71 Å². The molecule has 4 aliphatic rings. The van der Waals surface area contributed by atoms with Crippen LogP contribution >= 0.6 is 0 Å². The molecule has 0 bridgehead atoms. The van der Waals surface area contributed by atoms with Gasteiger partial charge in [-0.15, -0.1) is 0 Å². The summed E-state index contributed by atoms with van der Waals surface area (Å²) < 4.78 is 0. The molecular formula is C21H31NO3. The molecule has 0 aromatic rings. The van der Waals surface area contributed by atoms with Gasteiger partial charge < -0.3 is 15.4 Å². The third-order valence-electron chi connectivity index (χ3n) is 8.30. The average Bonchev–Trinajstić information content (AvgIpc) is 2.93. The second-order valence-electron chi connectivity index (χ2n) is 9.23. The van der Waals surface area contributed by atoms with Crippen LogP contribution in [0.1, 0.15) is 59.3 Å². The van der Waals surface area contributed by atoms with Gasteiger partial charge in [-0.05, 0) is 67.8 Å². The molecule has 4 nitrogen and oxygen atoms in total. The van der Waals surface area contributed by atoms with Crippen LogP contribution in [0.25, 0.3) is 0 Å². The number of hydrogen-bond acceptors (Lipinski definition) is 4. The molecule has 0 unspecified atom stereocenters. The first kappa shape index (κ1) is 17.3. The van der Waals surface area contributed by atoms with Crippen LogP contribution in [0.2, 0.25) is 0 Å². The summed E-state index contributed by atoms with van der Waals surface area (Å²) in [5, 5.41) is 33.7. The second-order valence-corrected chi connectivity index (χ2v) is 9.23. The third kappa shape index (κ3) is 2.23. The predicted octanol–water partition coefficient (Wildman–Crippen LogP) is 3.67. The Kier molecular flexibility index (Phi) is 3.93. The number of rotatable bonds is 1. The number of fused-ring (bicyclic) bond motifs is 5. The van der Waals surface area contributed by atoms with E-state index in [4.69, 9.17) is 0 Å². The SMILES string of the molecule is C/C(=N\O)C1=CC[C@H]2[C@@H]3CC=C4C[C@H](O)C[C@H](O)[C@]4(C)[C@H]3CC[C@]12C. The first-order chi connectivity index (χ1) is 11.8. The fourth-order valence-corrected chi connectivity index (χ4v) is 6.88. The third-order valence-corrected chi connectivity index (χ3v) is 8.30. The van der Waals surface area contributed by atoms with Gasteiger partial charge in [0, 0.05) is 11.8 Å². The Morgan fingerprint density at radius 1 is 1.16 bits per heavy atom. The van der Waals surface area contributed by atoms with Crippen LogP contribution in [-0.2, 0) is 0 Å². The van der Waals surface area contributed by atoms with Crippen molar-refractivity contribution in [3.63, 3.8) is 0 Å². The molecule has 25 heavy (non-hydrogen) atoms. The van der Waals surface area contributed by atoms with Crippen molar-refractivity contribution in [2.75, 3.05) is 0 Å². The Bertz CT molecular complexity index is 666. The summed E-state index contributed by atoms with van der Waals surface area (Å²) in [5.41, 5.74) is 3.15. The van der Waals surface area contributed by atoms with Crippen LogP contribution in [-0.4, -0.2) is 33.3 Å². The van der Waals surface area contributed by atoms with Crippen molar-refractivity contribution in [3.05, 3.63) is 23.3 Å². The molecule has 4 rings (SSSR count). The molecule has 0 aromatic heterocycles. The maximum Gasteiger partial charge on any atom is 0.0799 e. The molecule has 0 amide bonds.